The lowest BCUT2D eigenvalue weighted by Gasteiger charge is -2.32. The Morgan fingerprint density at radius 3 is 2.96 bits per heavy atom. The minimum Gasteiger partial charge on any atom is -0.442 e. The predicted octanol–water partition coefficient (Wildman–Crippen LogP) is 1.28. The van der Waals surface area contributed by atoms with E-state index in [1.807, 2.05) is 0 Å². The van der Waals surface area contributed by atoms with E-state index in [1.54, 1.807) is 29.2 Å². The summed E-state index contributed by atoms with van der Waals surface area (Å²) in [4.78, 5) is 26.1. The molecule has 130 valence electrons. The second kappa shape index (κ2) is 7.04. The van der Waals surface area contributed by atoms with E-state index in [0.29, 0.717) is 31.1 Å². The van der Waals surface area contributed by atoms with Crippen molar-refractivity contribution in [2.75, 3.05) is 42.6 Å². The van der Waals surface area contributed by atoms with Gasteiger partial charge >= 0.3 is 6.09 Å². The number of hydrogen-bond acceptors (Lipinski definition) is 5. The molecule has 1 aromatic rings. The highest BCUT2D eigenvalue weighted by Gasteiger charge is 2.33. The molecule has 7 nitrogen and oxygen atoms in total. The molecule has 8 heteroatoms. The Morgan fingerprint density at radius 1 is 1.42 bits per heavy atom. The lowest BCUT2D eigenvalue weighted by atomic mass is 10.2. The SMILES string of the molecule is CC(=O)NC[C@H]1CN(c2cccc(N3CCOCC3F)c2)C(=O)O1. The molecule has 3 rings (SSSR count). The Bertz CT molecular complexity index is 627. The van der Waals surface area contributed by atoms with Gasteiger partial charge in [-0.1, -0.05) is 6.07 Å². The number of halogens is 1. The van der Waals surface area contributed by atoms with Crippen LogP contribution in [0, 0.1) is 0 Å². The summed E-state index contributed by atoms with van der Waals surface area (Å²) in [5, 5.41) is 2.63. The first-order valence-corrected chi connectivity index (χ1v) is 7.85. The summed E-state index contributed by atoms with van der Waals surface area (Å²) in [5.41, 5.74) is 1.34. The Kier molecular flexibility index (Phi) is 4.84. The van der Waals surface area contributed by atoms with Crippen molar-refractivity contribution in [2.45, 2.75) is 19.3 Å². The summed E-state index contributed by atoms with van der Waals surface area (Å²) in [6.45, 7) is 2.98. The minimum atomic E-state index is -1.20. The average molecular weight is 337 g/mol. The molecule has 2 fully saturated rings. The molecule has 0 aromatic heterocycles. The van der Waals surface area contributed by atoms with E-state index < -0.39 is 18.5 Å². The Hall–Kier alpha value is -2.35. The zero-order chi connectivity index (χ0) is 17.1. The fourth-order valence-electron chi connectivity index (χ4n) is 2.80. The zero-order valence-electron chi connectivity index (χ0n) is 13.4. The first-order chi connectivity index (χ1) is 11.5. The van der Waals surface area contributed by atoms with Crippen LogP contribution in [0.1, 0.15) is 6.92 Å². The zero-order valence-corrected chi connectivity index (χ0v) is 13.4. The van der Waals surface area contributed by atoms with Crippen LogP contribution in [0.4, 0.5) is 20.6 Å². The normalized spacial score (nSPS) is 24.0. The van der Waals surface area contributed by atoms with Crippen LogP contribution >= 0.6 is 0 Å². The maximum absolute atomic E-state index is 14.0. The molecule has 0 saturated carbocycles. The van der Waals surface area contributed by atoms with Gasteiger partial charge in [-0.25, -0.2) is 9.18 Å². The van der Waals surface area contributed by atoms with Crippen molar-refractivity contribution >= 4 is 23.4 Å². The largest absolute Gasteiger partial charge is 0.442 e. The summed E-state index contributed by atoms with van der Waals surface area (Å²) < 4.78 is 24.4. The van der Waals surface area contributed by atoms with Gasteiger partial charge in [0.15, 0.2) is 6.30 Å². The number of anilines is 2. The fourth-order valence-corrected chi connectivity index (χ4v) is 2.80. The molecule has 2 saturated heterocycles. The molecule has 1 N–H and O–H groups in total. The number of amides is 2. The number of rotatable bonds is 4. The van der Waals surface area contributed by atoms with Gasteiger partial charge in [0.2, 0.25) is 5.91 Å². The highest BCUT2D eigenvalue weighted by molar-refractivity contribution is 5.90. The molecule has 2 amide bonds. The molecule has 2 atom stereocenters. The molecule has 0 radical (unpaired) electrons. The van der Waals surface area contributed by atoms with Crippen molar-refractivity contribution in [2.24, 2.45) is 0 Å². The first-order valence-electron chi connectivity index (χ1n) is 7.85. The molecule has 1 unspecified atom stereocenters. The van der Waals surface area contributed by atoms with Gasteiger partial charge in [-0.2, -0.15) is 0 Å². The maximum Gasteiger partial charge on any atom is 0.414 e. The van der Waals surface area contributed by atoms with Crippen LogP contribution in [-0.2, 0) is 14.3 Å². The van der Waals surface area contributed by atoms with E-state index in [2.05, 4.69) is 5.32 Å². The van der Waals surface area contributed by atoms with Crippen molar-refractivity contribution in [3.05, 3.63) is 24.3 Å². The molecule has 0 aliphatic carbocycles. The predicted molar refractivity (Wildman–Crippen MR) is 85.8 cm³/mol. The van der Waals surface area contributed by atoms with Gasteiger partial charge in [0, 0.05) is 24.8 Å². The second-order valence-corrected chi connectivity index (χ2v) is 5.78. The number of alkyl halides is 1. The molecule has 24 heavy (non-hydrogen) atoms. The average Bonchev–Trinajstić information content (AvgIpc) is 2.94. The smallest absolute Gasteiger partial charge is 0.414 e. The highest BCUT2D eigenvalue weighted by Crippen LogP contribution is 2.28. The molecular weight excluding hydrogens is 317 g/mol. The topological polar surface area (TPSA) is 71.1 Å². The summed E-state index contributed by atoms with van der Waals surface area (Å²) >= 11 is 0. The number of cyclic esters (lactones) is 1. The van der Waals surface area contributed by atoms with Gasteiger partial charge in [0.05, 0.1) is 26.3 Å². The summed E-state index contributed by atoms with van der Waals surface area (Å²) in [6.07, 6.45) is -2.07. The number of hydrogen-bond donors (Lipinski definition) is 1. The number of carbonyl (C=O) groups excluding carboxylic acids is 2. The van der Waals surface area contributed by atoms with Crippen LogP contribution in [0.2, 0.25) is 0 Å². The number of ether oxygens (including phenoxy) is 2. The van der Waals surface area contributed by atoms with Gasteiger partial charge in [0.1, 0.15) is 6.10 Å². The first kappa shape index (κ1) is 16.5. The lowest BCUT2D eigenvalue weighted by molar-refractivity contribution is -0.119. The Balaban J connectivity index is 1.71. The number of benzene rings is 1. The van der Waals surface area contributed by atoms with E-state index in [4.69, 9.17) is 9.47 Å². The molecule has 2 heterocycles. The third-order valence-electron chi connectivity index (χ3n) is 4.00. The minimum absolute atomic E-state index is 0.0365. The summed E-state index contributed by atoms with van der Waals surface area (Å²) in [5.74, 6) is -0.173. The maximum atomic E-state index is 14.0. The van der Waals surface area contributed by atoms with Crippen LogP contribution in [0.25, 0.3) is 0 Å². The number of nitrogens with one attached hydrogen (secondary N) is 1. The van der Waals surface area contributed by atoms with Gasteiger partial charge < -0.3 is 19.7 Å². The van der Waals surface area contributed by atoms with Crippen molar-refractivity contribution in [3.63, 3.8) is 0 Å². The van der Waals surface area contributed by atoms with Crippen LogP contribution in [-0.4, -0.2) is 57.2 Å². The van der Waals surface area contributed by atoms with Crippen molar-refractivity contribution in [3.8, 4) is 0 Å². The van der Waals surface area contributed by atoms with E-state index in [-0.39, 0.29) is 19.1 Å². The van der Waals surface area contributed by atoms with Crippen LogP contribution in [0.15, 0.2) is 24.3 Å². The molecule has 0 bridgehead atoms. The van der Waals surface area contributed by atoms with Gasteiger partial charge in [-0.05, 0) is 18.2 Å². The van der Waals surface area contributed by atoms with E-state index in [9.17, 15) is 14.0 Å². The van der Waals surface area contributed by atoms with E-state index >= 15 is 0 Å². The van der Waals surface area contributed by atoms with Crippen LogP contribution in [0.3, 0.4) is 0 Å². The Labute approximate surface area is 139 Å². The second-order valence-electron chi connectivity index (χ2n) is 5.78. The molecular formula is C16H20FN3O4. The van der Waals surface area contributed by atoms with E-state index in [1.165, 1.54) is 11.8 Å². The van der Waals surface area contributed by atoms with Gasteiger partial charge in [-0.15, -0.1) is 0 Å². The standard InChI is InChI=1S/C16H20FN3O4/c1-11(21)18-8-14-9-20(16(22)24-14)13-4-2-3-12(7-13)19-5-6-23-10-15(19)17/h2-4,7,14-15H,5-6,8-10H2,1H3,(H,18,21)/t14-,15?/m0/s1. The third kappa shape index (κ3) is 3.59. The quantitative estimate of drug-likeness (QED) is 0.838. The van der Waals surface area contributed by atoms with E-state index in [0.717, 1.165) is 0 Å². The van der Waals surface area contributed by atoms with Crippen LogP contribution < -0.4 is 15.1 Å². The number of morpholine rings is 1. The summed E-state index contributed by atoms with van der Waals surface area (Å²) in [7, 11) is 0. The van der Waals surface area contributed by atoms with Gasteiger partial charge in [0.25, 0.3) is 0 Å². The molecule has 2 aliphatic rings. The van der Waals surface area contributed by atoms with Gasteiger partial charge in [-0.3, -0.25) is 9.69 Å². The molecule has 1 aromatic carbocycles. The number of carbonyl (C=O) groups is 2. The third-order valence-corrected chi connectivity index (χ3v) is 4.00. The monoisotopic (exact) mass is 337 g/mol. The highest BCUT2D eigenvalue weighted by atomic mass is 19.1. The van der Waals surface area contributed by atoms with Crippen LogP contribution in [0.5, 0.6) is 0 Å². The van der Waals surface area contributed by atoms with Crippen molar-refractivity contribution in [1.82, 2.24) is 5.32 Å². The lowest BCUT2D eigenvalue weighted by Crippen LogP contribution is -2.43. The molecule has 0 spiro atoms. The number of nitrogens with zero attached hydrogens (tertiary/aromatic N) is 2. The van der Waals surface area contributed by atoms with Crippen molar-refractivity contribution < 1.29 is 23.5 Å². The Morgan fingerprint density at radius 2 is 2.21 bits per heavy atom. The fraction of sp³-hybridized carbons (Fsp3) is 0.500. The summed E-state index contributed by atoms with van der Waals surface area (Å²) in [6, 6.07) is 7.12. The van der Waals surface area contributed by atoms with Crippen molar-refractivity contribution in [1.29, 1.82) is 0 Å². The molecule has 2 aliphatic heterocycles.